The Kier molecular flexibility index (Phi) is 10.9. The number of methoxy groups -OCH3 is 3. The maximum atomic E-state index is 10.7. The summed E-state index contributed by atoms with van der Waals surface area (Å²) in [4.78, 5) is 4.54. The van der Waals surface area contributed by atoms with Gasteiger partial charge in [0, 0.05) is 37.5 Å². The highest BCUT2D eigenvalue weighted by Crippen LogP contribution is 2.39. The summed E-state index contributed by atoms with van der Waals surface area (Å²) in [6, 6.07) is 3.82. The number of aliphatic imine (C=N–C) groups is 1. The molecule has 0 bridgehead atoms. The van der Waals surface area contributed by atoms with Gasteiger partial charge in [-0.1, -0.05) is 6.07 Å². The van der Waals surface area contributed by atoms with E-state index in [-0.39, 0.29) is 30.5 Å². The minimum Gasteiger partial charge on any atom is -0.493 e. The first-order valence-corrected chi connectivity index (χ1v) is 9.87. The van der Waals surface area contributed by atoms with Crippen LogP contribution in [0.3, 0.4) is 0 Å². The number of halogens is 1. The molecule has 1 heterocycles. The van der Waals surface area contributed by atoms with Gasteiger partial charge in [-0.2, -0.15) is 5.10 Å². The first-order valence-electron chi connectivity index (χ1n) is 9.87. The van der Waals surface area contributed by atoms with E-state index in [1.165, 1.54) is 0 Å². The zero-order chi connectivity index (χ0) is 22.1. The molecule has 0 fully saturated rings. The number of hydrogen-bond donors (Lipinski definition) is 3. The number of aromatic nitrogens is 2. The van der Waals surface area contributed by atoms with Crippen LogP contribution in [0.4, 0.5) is 0 Å². The summed E-state index contributed by atoms with van der Waals surface area (Å²) in [7, 11) is 6.61. The van der Waals surface area contributed by atoms with E-state index >= 15 is 0 Å². The summed E-state index contributed by atoms with van der Waals surface area (Å²) in [5.41, 5.74) is 0.601. The summed E-state index contributed by atoms with van der Waals surface area (Å²) in [5.74, 6) is 2.48. The molecule has 0 aliphatic heterocycles. The van der Waals surface area contributed by atoms with E-state index in [1.54, 1.807) is 45.3 Å². The fourth-order valence-corrected chi connectivity index (χ4v) is 3.04. The Balaban J connectivity index is 0.00000480. The van der Waals surface area contributed by atoms with Crippen LogP contribution in [0.2, 0.25) is 0 Å². The number of ether oxygens (including phenoxy) is 3. The molecule has 1 unspecified atom stereocenters. The lowest BCUT2D eigenvalue weighted by molar-refractivity contribution is 0.0672. The number of rotatable bonds is 10. The molecule has 0 aliphatic rings. The van der Waals surface area contributed by atoms with Gasteiger partial charge in [0.25, 0.3) is 0 Å². The average molecular weight is 547 g/mol. The van der Waals surface area contributed by atoms with Crippen molar-refractivity contribution in [2.75, 3.05) is 41.0 Å². The number of nitrogens with zero attached hydrogens (tertiary/aromatic N) is 3. The molecule has 10 heteroatoms. The molecule has 0 saturated heterocycles. The zero-order valence-corrected chi connectivity index (χ0v) is 21.4. The van der Waals surface area contributed by atoms with Crippen molar-refractivity contribution in [3.05, 3.63) is 35.7 Å². The van der Waals surface area contributed by atoms with Gasteiger partial charge in [0.05, 0.1) is 34.1 Å². The Morgan fingerprint density at radius 3 is 2.42 bits per heavy atom. The van der Waals surface area contributed by atoms with Crippen molar-refractivity contribution in [2.45, 2.75) is 25.9 Å². The van der Waals surface area contributed by atoms with Crippen molar-refractivity contribution in [1.29, 1.82) is 0 Å². The second-order valence-corrected chi connectivity index (χ2v) is 7.04. The van der Waals surface area contributed by atoms with Gasteiger partial charge < -0.3 is 30.0 Å². The number of nitrogens with one attached hydrogen (secondary N) is 2. The van der Waals surface area contributed by atoms with E-state index in [1.807, 2.05) is 26.1 Å². The topological polar surface area (TPSA) is 102 Å². The Bertz CT molecular complexity index is 854. The molecule has 0 aliphatic carbocycles. The third kappa shape index (κ3) is 7.17. The minimum absolute atomic E-state index is 0. The van der Waals surface area contributed by atoms with Crippen molar-refractivity contribution in [3.8, 4) is 17.2 Å². The monoisotopic (exact) mass is 547 g/mol. The molecule has 0 radical (unpaired) electrons. The van der Waals surface area contributed by atoms with E-state index < -0.39 is 5.60 Å². The lowest BCUT2D eigenvalue weighted by Gasteiger charge is -2.21. The van der Waals surface area contributed by atoms with Crippen LogP contribution in [0.25, 0.3) is 0 Å². The summed E-state index contributed by atoms with van der Waals surface area (Å²) in [6.07, 6.45) is 4.13. The standard InChI is InChI=1S/C21H33N5O4.HI/c1-7-22-20(24-14-21(2,27)16-12-25-26(3)13-16)23-11-10-15-8-9-17(28-4)19(30-6)18(15)29-5;/h8-9,12-13,27H,7,10-11,14H2,1-6H3,(H2,22,23,24);1H. The maximum Gasteiger partial charge on any atom is 0.203 e. The summed E-state index contributed by atoms with van der Waals surface area (Å²) in [5, 5.41) is 21.3. The summed E-state index contributed by atoms with van der Waals surface area (Å²) in [6.45, 7) is 5.25. The highest BCUT2D eigenvalue weighted by molar-refractivity contribution is 14.0. The molecular weight excluding hydrogens is 513 g/mol. The predicted octanol–water partition coefficient (Wildman–Crippen LogP) is 2.07. The van der Waals surface area contributed by atoms with Crippen molar-refractivity contribution in [1.82, 2.24) is 20.4 Å². The predicted molar refractivity (Wildman–Crippen MR) is 132 cm³/mol. The third-order valence-electron chi connectivity index (χ3n) is 4.69. The van der Waals surface area contributed by atoms with E-state index in [2.05, 4.69) is 20.7 Å². The van der Waals surface area contributed by atoms with E-state index in [0.29, 0.717) is 42.7 Å². The van der Waals surface area contributed by atoms with Crippen molar-refractivity contribution in [3.63, 3.8) is 0 Å². The van der Waals surface area contributed by atoms with E-state index in [9.17, 15) is 5.11 Å². The van der Waals surface area contributed by atoms with Crippen molar-refractivity contribution in [2.24, 2.45) is 12.0 Å². The van der Waals surface area contributed by atoms with E-state index in [4.69, 9.17) is 14.2 Å². The molecule has 0 saturated carbocycles. The largest absolute Gasteiger partial charge is 0.493 e. The molecule has 3 N–H and O–H groups in total. The molecule has 31 heavy (non-hydrogen) atoms. The van der Waals surface area contributed by atoms with Crippen LogP contribution in [0.15, 0.2) is 29.5 Å². The van der Waals surface area contributed by atoms with Crippen LogP contribution in [-0.4, -0.2) is 61.8 Å². The minimum atomic E-state index is -1.11. The van der Waals surface area contributed by atoms with Crippen molar-refractivity contribution >= 4 is 29.9 Å². The van der Waals surface area contributed by atoms with Gasteiger partial charge in [-0.3, -0.25) is 4.68 Å². The molecule has 2 aromatic rings. The molecule has 174 valence electrons. The van der Waals surface area contributed by atoms with Crippen LogP contribution in [-0.2, 0) is 19.1 Å². The number of aliphatic hydroxyl groups is 1. The van der Waals surface area contributed by atoms with Crippen LogP contribution in [0.5, 0.6) is 17.2 Å². The Hall–Kier alpha value is -2.21. The second-order valence-electron chi connectivity index (χ2n) is 7.04. The van der Waals surface area contributed by atoms with Gasteiger partial charge in [0.1, 0.15) is 5.60 Å². The molecule has 1 aromatic heterocycles. The first kappa shape index (κ1) is 26.8. The lowest BCUT2D eigenvalue weighted by atomic mass is 10.0. The van der Waals surface area contributed by atoms with Gasteiger partial charge in [-0.25, -0.2) is 4.99 Å². The zero-order valence-electron chi connectivity index (χ0n) is 19.1. The first-order chi connectivity index (χ1) is 14.4. The Morgan fingerprint density at radius 2 is 1.87 bits per heavy atom. The molecule has 2 rings (SSSR count). The average Bonchev–Trinajstić information content (AvgIpc) is 3.18. The summed E-state index contributed by atoms with van der Waals surface area (Å²) >= 11 is 0. The van der Waals surface area contributed by atoms with Gasteiger partial charge in [0.15, 0.2) is 17.5 Å². The number of benzene rings is 1. The van der Waals surface area contributed by atoms with E-state index in [0.717, 1.165) is 11.1 Å². The van der Waals surface area contributed by atoms with Gasteiger partial charge in [0.2, 0.25) is 5.75 Å². The molecular formula is C21H34IN5O4. The molecule has 1 aromatic carbocycles. The number of guanidine groups is 1. The molecule has 9 nitrogen and oxygen atoms in total. The fourth-order valence-electron chi connectivity index (χ4n) is 3.04. The van der Waals surface area contributed by atoms with Crippen LogP contribution in [0.1, 0.15) is 25.0 Å². The Labute approximate surface area is 201 Å². The molecule has 1 atom stereocenters. The Morgan fingerprint density at radius 1 is 1.16 bits per heavy atom. The number of hydrogen-bond acceptors (Lipinski definition) is 6. The number of aryl methyl sites for hydroxylation is 1. The van der Waals surface area contributed by atoms with Crippen LogP contribution in [0, 0.1) is 0 Å². The fraction of sp³-hybridized carbons (Fsp3) is 0.524. The van der Waals surface area contributed by atoms with Gasteiger partial charge >= 0.3 is 0 Å². The highest BCUT2D eigenvalue weighted by atomic mass is 127. The van der Waals surface area contributed by atoms with Crippen LogP contribution < -0.4 is 24.8 Å². The normalized spacial score (nSPS) is 13.1. The smallest absolute Gasteiger partial charge is 0.203 e. The SMILES string of the molecule is CCNC(=NCC(C)(O)c1cnn(C)c1)NCCc1ccc(OC)c(OC)c1OC.I. The van der Waals surface area contributed by atoms with Crippen molar-refractivity contribution < 1.29 is 19.3 Å². The highest BCUT2D eigenvalue weighted by Gasteiger charge is 2.24. The quantitative estimate of drug-likeness (QED) is 0.238. The summed E-state index contributed by atoms with van der Waals surface area (Å²) < 4.78 is 18.0. The van der Waals surface area contributed by atoms with Crippen LogP contribution >= 0.6 is 24.0 Å². The lowest BCUT2D eigenvalue weighted by Crippen LogP contribution is -2.39. The maximum absolute atomic E-state index is 10.7. The molecule has 0 spiro atoms. The second kappa shape index (κ2) is 12.6. The molecule has 0 amide bonds. The van der Waals surface area contributed by atoms with Gasteiger partial charge in [-0.15, -0.1) is 24.0 Å². The third-order valence-corrected chi connectivity index (χ3v) is 4.69. The van der Waals surface area contributed by atoms with Gasteiger partial charge in [-0.05, 0) is 26.3 Å².